The number of hydrogen-bond acceptors (Lipinski definition) is 4. The molecule has 0 aliphatic carbocycles. The molecule has 1 atom stereocenters. The minimum Gasteiger partial charge on any atom is -0.444 e. The van der Waals surface area contributed by atoms with E-state index in [0.29, 0.717) is 25.3 Å². The predicted molar refractivity (Wildman–Crippen MR) is 99.2 cm³/mol. The van der Waals surface area contributed by atoms with Crippen molar-refractivity contribution >= 4 is 21.8 Å². The van der Waals surface area contributed by atoms with Gasteiger partial charge in [-0.1, -0.05) is 18.2 Å². The molecule has 0 N–H and O–H groups in total. The maximum Gasteiger partial charge on any atom is 0.410 e. The monoisotopic (exact) mass is 368 g/mol. The Balaban J connectivity index is 2.08. The standard InChI is InChI=1S/C18H28N2O4S/c1-18(2,3)24-17(21)19-12-8-9-15(13-19)14-20(25(4,22)23)16-10-6-5-7-11-16/h5-7,10-11,15H,8-9,12-14H2,1-4H3. The molecule has 25 heavy (non-hydrogen) atoms. The predicted octanol–water partition coefficient (Wildman–Crippen LogP) is 3.10. The zero-order chi connectivity index (χ0) is 18.7. The Bertz CT molecular complexity index is 683. The highest BCUT2D eigenvalue weighted by Crippen LogP contribution is 2.24. The summed E-state index contributed by atoms with van der Waals surface area (Å²) in [6.45, 7) is 7.04. The van der Waals surface area contributed by atoms with E-state index in [1.807, 2.05) is 39.0 Å². The minimum atomic E-state index is -3.39. The molecule has 0 bridgehead atoms. The fourth-order valence-electron chi connectivity index (χ4n) is 2.97. The molecule has 0 spiro atoms. The number of para-hydroxylation sites is 1. The van der Waals surface area contributed by atoms with Crippen molar-refractivity contribution < 1.29 is 17.9 Å². The molecule has 1 aliphatic heterocycles. The van der Waals surface area contributed by atoms with Gasteiger partial charge in [-0.25, -0.2) is 13.2 Å². The van der Waals surface area contributed by atoms with Gasteiger partial charge in [-0.3, -0.25) is 4.31 Å². The summed E-state index contributed by atoms with van der Waals surface area (Å²) in [4.78, 5) is 14.0. The zero-order valence-electron chi connectivity index (χ0n) is 15.4. The van der Waals surface area contributed by atoms with Gasteiger partial charge in [0.15, 0.2) is 0 Å². The van der Waals surface area contributed by atoms with Gasteiger partial charge >= 0.3 is 6.09 Å². The van der Waals surface area contributed by atoms with E-state index >= 15 is 0 Å². The van der Waals surface area contributed by atoms with Crippen LogP contribution in [0.2, 0.25) is 0 Å². The first kappa shape index (κ1) is 19.6. The van der Waals surface area contributed by atoms with Crippen LogP contribution in [0.3, 0.4) is 0 Å². The van der Waals surface area contributed by atoms with Crippen LogP contribution in [0.1, 0.15) is 33.6 Å². The summed E-state index contributed by atoms with van der Waals surface area (Å²) in [5, 5.41) is 0. The Morgan fingerprint density at radius 3 is 2.48 bits per heavy atom. The minimum absolute atomic E-state index is 0.0798. The van der Waals surface area contributed by atoms with Crippen molar-refractivity contribution in [2.75, 3.05) is 30.2 Å². The van der Waals surface area contributed by atoms with Gasteiger partial charge in [0.25, 0.3) is 0 Å². The van der Waals surface area contributed by atoms with Crippen LogP contribution in [0.5, 0.6) is 0 Å². The number of sulfonamides is 1. The summed E-state index contributed by atoms with van der Waals surface area (Å²) in [7, 11) is -3.39. The van der Waals surface area contributed by atoms with Gasteiger partial charge in [0.1, 0.15) is 5.60 Å². The molecular formula is C18H28N2O4S. The number of anilines is 1. The van der Waals surface area contributed by atoms with E-state index in [9.17, 15) is 13.2 Å². The summed E-state index contributed by atoms with van der Waals surface area (Å²) in [5.41, 5.74) is 0.117. The second kappa shape index (κ2) is 7.64. The molecule has 140 valence electrons. The molecule has 1 aliphatic rings. The third-order valence-corrected chi connectivity index (χ3v) is 5.20. The fourth-order valence-corrected chi connectivity index (χ4v) is 3.95. The summed E-state index contributed by atoms with van der Waals surface area (Å²) in [6.07, 6.45) is 2.62. The Kier molecular flexibility index (Phi) is 5.98. The number of carbonyl (C=O) groups excluding carboxylic acids is 1. The molecule has 0 radical (unpaired) electrons. The Morgan fingerprint density at radius 2 is 1.92 bits per heavy atom. The number of rotatable bonds is 4. The van der Waals surface area contributed by atoms with Crippen LogP contribution >= 0.6 is 0 Å². The number of ether oxygens (including phenoxy) is 1. The van der Waals surface area contributed by atoms with Crippen LogP contribution < -0.4 is 4.31 Å². The van der Waals surface area contributed by atoms with E-state index < -0.39 is 15.6 Å². The average molecular weight is 368 g/mol. The molecule has 7 heteroatoms. The highest BCUT2D eigenvalue weighted by atomic mass is 32.2. The molecule has 6 nitrogen and oxygen atoms in total. The first-order valence-electron chi connectivity index (χ1n) is 8.57. The molecule has 1 aromatic carbocycles. The Morgan fingerprint density at radius 1 is 1.28 bits per heavy atom. The quantitative estimate of drug-likeness (QED) is 0.819. The normalized spacial score (nSPS) is 18.7. The van der Waals surface area contributed by atoms with Crippen molar-refractivity contribution in [1.82, 2.24) is 4.90 Å². The van der Waals surface area contributed by atoms with Gasteiger partial charge in [-0.2, -0.15) is 0 Å². The molecule has 1 aromatic rings. The van der Waals surface area contributed by atoms with Crippen LogP contribution in [0.25, 0.3) is 0 Å². The van der Waals surface area contributed by atoms with Crippen LogP contribution in [0.4, 0.5) is 10.5 Å². The molecule has 1 unspecified atom stereocenters. The molecule has 1 fully saturated rings. The van der Waals surface area contributed by atoms with E-state index in [1.54, 1.807) is 17.0 Å². The SMILES string of the molecule is CC(C)(C)OC(=O)N1CCCC(CN(c2ccccc2)S(C)(=O)=O)C1. The second-order valence-corrected chi connectivity index (χ2v) is 9.47. The number of likely N-dealkylation sites (tertiary alicyclic amines) is 1. The number of hydrogen-bond donors (Lipinski definition) is 0. The lowest BCUT2D eigenvalue weighted by molar-refractivity contribution is 0.0171. The van der Waals surface area contributed by atoms with Crippen molar-refractivity contribution in [3.8, 4) is 0 Å². The summed E-state index contributed by atoms with van der Waals surface area (Å²) >= 11 is 0. The molecule has 2 rings (SSSR count). The third kappa shape index (κ3) is 5.92. The van der Waals surface area contributed by atoms with E-state index in [0.717, 1.165) is 12.8 Å². The van der Waals surface area contributed by atoms with E-state index in [1.165, 1.54) is 10.6 Å². The van der Waals surface area contributed by atoms with Crippen molar-refractivity contribution in [2.24, 2.45) is 5.92 Å². The van der Waals surface area contributed by atoms with Gasteiger partial charge < -0.3 is 9.64 Å². The number of benzene rings is 1. The van der Waals surface area contributed by atoms with Gasteiger partial charge in [-0.05, 0) is 51.7 Å². The van der Waals surface area contributed by atoms with Crippen molar-refractivity contribution in [3.05, 3.63) is 30.3 Å². The van der Waals surface area contributed by atoms with Gasteiger partial charge in [-0.15, -0.1) is 0 Å². The Hall–Kier alpha value is -1.76. The Labute approximate surface area is 150 Å². The maximum atomic E-state index is 12.3. The topological polar surface area (TPSA) is 66.9 Å². The van der Waals surface area contributed by atoms with Gasteiger partial charge in [0, 0.05) is 19.6 Å². The third-order valence-electron chi connectivity index (χ3n) is 4.04. The van der Waals surface area contributed by atoms with Crippen LogP contribution in [0, 0.1) is 5.92 Å². The number of amides is 1. The molecular weight excluding hydrogens is 340 g/mol. The highest BCUT2D eigenvalue weighted by Gasteiger charge is 2.30. The number of carbonyl (C=O) groups is 1. The largest absolute Gasteiger partial charge is 0.444 e. The fraction of sp³-hybridized carbons (Fsp3) is 0.611. The molecule has 1 heterocycles. The lowest BCUT2D eigenvalue weighted by Gasteiger charge is -2.36. The molecule has 0 saturated carbocycles. The van der Waals surface area contributed by atoms with Crippen molar-refractivity contribution in [2.45, 2.75) is 39.2 Å². The molecule has 1 amide bonds. The highest BCUT2D eigenvalue weighted by molar-refractivity contribution is 7.92. The first-order chi connectivity index (χ1) is 11.6. The number of nitrogens with zero attached hydrogens (tertiary/aromatic N) is 2. The van der Waals surface area contributed by atoms with Gasteiger partial charge in [0.05, 0.1) is 11.9 Å². The average Bonchev–Trinajstić information content (AvgIpc) is 2.51. The molecule has 1 saturated heterocycles. The summed E-state index contributed by atoms with van der Waals surface area (Å²) in [6, 6.07) is 9.07. The van der Waals surface area contributed by atoms with Crippen LogP contribution in [-0.4, -0.2) is 50.9 Å². The second-order valence-electron chi connectivity index (χ2n) is 7.56. The summed E-state index contributed by atoms with van der Waals surface area (Å²) in [5.74, 6) is 0.0798. The van der Waals surface area contributed by atoms with Crippen molar-refractivity contribution in [1.29, 1.82) is 0 Å². The van der Waals surface area contributed by atoms with Crippen molar-refractivity contribution in [3.63, 3.8) is 0 Å². The lowest BCUT2D eigenvalue weighted by atomic mass is 9.98. The lowest BCUT2D eigenvalue weighted by Crippen LogP contribution is -2.46. The smallest absolute Gasteiger partial charge is 0.410 e. The van der Waals surface area contributed by atoms with E-state index in [-0.39, 0.29) is 12.0 Å². The zero-order valence-corrected chi connectivity index (χ0v) is 16.3. The summed E-state index contributed by atoms with van der Waals surface area (Å²) < 4.78 is 31.3. The van der Waals surface area contributed by atoms with E-state index in [4.69, 9.17) is 4.74 Å². The van der Waals surface area contributed by atoms with Crippen LogP contribution in [-0.2, 0) is 14.8 Å². The van der Waals surface area contributed by atoms with E-state index in [2.05, 4.69) is 0 Å². The maximum absolute atomic E-state index is 12.3. The van der Waals surface area contributed by atoms with Gasteiger partial charge in [0.2, 0.25) is 10.0 Å². The molecule has 0 aromatic heterocycles. The first-order valence-corrected chi connectivity index (χ1v) is 10.4. The van der Waals surface area contributed by atoms with Crippen LogP contribution in [0.15, 0.2) is 30.3 Å². The number of piperidine rings is 1.